The lowest BCUT2D eigenvalue weighted by Gasteiger charge is -2.27. The van der Waals surface area contributed by atoms with Gasteiger partial charge in [-0.05, 0) is 137 Å². The summed E-state index contributed by atoms with van der Waals surface area (Å²) in [6.45, 7) is 4.45. The van der Waals surface area contributed by atoms with E-state index in [0.29, 0.717) is 11.4 Å². The summed E-state index contributed by atoms with van der Waals surface area (Å²) in [5, 5.41) is 2.28. The first-order chi connectivity index (χ1) is 35.9. The molecule has 294 valence electrons. The Balaban J connectivity index is 1.05. The van der Waals surface area contributed by atoms with E-state index in [2.05, 4.69) is 98.8 Å². The summed E-state index contributed by atoms with van der Waals surface area (Å²) in [5.41, 5.74) is 9.22. The monoisotopic (exact) mass is 804 g/mol. The molecule has 1 nitrogen and oxygen atoms in total. The van der Waals surface area contributed by atoms with Crippen LogP contribution in [-0.2, 0) is 5.41 Å². The number of fused-ring (bicyclic) bond motifs is 4. The molecular weight excluding hydrogens is 747 g/mol. The van der Waals surface area contributed by atoms with Gasteiger partial charge >= 0.3 is 0 Å². The predicted molar refractivity (Wildman–Crippen MR) is 263 cm³/mol. The highest BCUT2D eigenvalue weighted by Gasteiger charge is 2.37. The van der Waals surface area contributed by atoms with Crippen LogP contribution in [0.1, 0.15) is 42.8 Å². The molecule has 0 aromatic heterocycles. The Morgan fingerprint density at radius 1 is 0.339 bits per heavy atom. The Kier molecular flexibility index (Phi) is 6.40. The second kappa shape index (κ2) is 15.4. The maximum absolute atomic E-state index is 9.64. The molecule has 0 aliphatic heterocycles. The van der Waals surface area contributed by atoms with Crippen LogP contribution in [0.25, 0.3) is 77.5 Å². The van der Waals surface area contributed by atoms with Crippen LogP contribution in [0.4, 0.5) is 17.1 Å². The van der Waals surface area contributed by atoms with E-state index in [1.807, 2.05) is 72.8 Å². The van der Waals surface area contributed by atoms with E-state index in [0.717, 1.165) is 49.7 Å². The zero-order chi connectivity index (χ0) is 52.9. The summed E-state index contributed by atoms with van der Waals surface area (Å²) in [5.74, 6) is 0. The van der Waals surface area contributed by atoms with E-state index in [1.165, 1.54) is 16.7 Å². The molecule has 0 saturated heterocycles. The average Bonchev–Trinajstić information content (AvgIpc) is 3.67. The lowest BCUT2D eigenvalue weighted by atomic mass is 9.79. The zero-order valence-corrected chi connectivity index (χ0v) is 34.0. The fraction of sp³-hybridized carbons (Fsp3) is 0.0492. The maximum atomic E-state index is 9.64. The van der Waals surface area contributed by atoms with Crippen molar-refractivity contribution in [3.05, 3.63) is 247 Å². The number of nitrogens with zero attached hydrogens (tertiary/aromatic N) is 1. The second-order valence-electron chi connectivity index (χ2n) is 15.9. The fourth-order valence-electron chi connectivity index (χ4n) is 8.82. The Morgan fingerprint density at radius 3 is 1.53 bits per heavy atom. The Morgan fingerprint density at radius 2 is 0.839 bits per heavy atom. The molecule has 0 N–H and O–H groups in total. The molecule has 0 saturated carbocycles. The first-order valence-corrected chi connectivity index (χ1v) is 20.5. The van der Waals surface area contributed by atoms with Crippen LogP contribution in [0, 0.1) is 0 Å². The van der Waals surface area contributed by atoms with Crippen molar-refractivity contribution < 1.29 is 17.8 Å². The Hall–Kier alpha value is -7.74. The molecule has 0 atom stereocenters. The average molecular weight is 805 g/mol. The molecule has 1 heteroatoms. The highest BCUT2D eigenvalue weighted by atomic mass is 15.1. The molecule has 11 rings (SSSR count). The van der Waals surface area contributed by atoms with Gasteiger partial charge in [0.25, 0.3) is 0 Å². The molecule has 0 heterocycles. The van der Waals surface area contributed by atoms with Gasteiger partial charge in [0.05, 0.1) is 17.8 Å². The quantitative estimate of drug-likeness (QED) is 0.148. The molecule has 0 bridgehead atoms. The van der Waals surface area contributed by atoms with Crippen molar-refractivity contribution in [3.8, 4) is 66.8 Å². The number of rotatable bonds is 8. The molecule has 10 aromatic rings. The highest BCUT2D eigenvalue weighted by Crippen LogP contribution is 2.52. The molecule has 10 aromatic carbocycles. The molecule has 0 radical (unpaired) electrons. The van der Waals surface area contributed by atoms with Crippen molar-refractivity contribution in [3.63, 3.8) is 0 Å². The SMILES string of the molecule is [2H]c1c([2H])c([2H])c(-c2c([2H])c([2H])c(-c3c([2H])c([2H])c(N(c4ccc(-c5cccc(-c6ccc7ccccc7c6)c5)cc4)c4ccc(-c5cccc6c5C(C)(C)c5ccccc5-6)cc4)c([2H])c3[2H])c([2H])c2[2H])c([2H])c1[2H]. The third-order valence-electron chi connectivity index (χ3n) is 11.9. The van der Waals surface area contributed by atoms with Gasteiger partial charge in [-0.15, -0.1) is 0 Å². The van der Waals surface area contributed by atoms with Crippen LogP contribution >= 0.6 is 0 Å². The number of hydrogen-bond acceptors (Lipinski definition) is 1. The summed E-state index contributed by atoms with van der Waals surface area (Å²) in [6.07, 6.45) is 0. The fourth-order valence-corrected chi connectivity index (χ4v) is 8.82. The number of anilines is 3. The Bertz CT molecular complexity index is 3930. The summed E-state index contributed by atoms with van der Waals surface area (Å²) in [6, 6.07) is 43.9. The lowest BCUT2D eigenvalue weighted by Crippen LogP contribution is -2.16. The topological polar surface area (TPSA) is 3.24 Å². The van der Waals surface area contributed by atoms with Gasteiger partial charge in [-0.3, -0.25) is 0 Å². The van der Waals surface area contributed by atoms with Gasteiger partial charge in [0.1, 0.15) is 0 Å². The van der Waals surface area contributed by atoms with E-state index in [-0.39, 0.29) is 11.1 Å². The van der Waals surface area contributed by atoms with Crippen LogP contribution < -0.4 is 4.90 Å². The number of benzene rings is 10. The van der Waals surface area contributed by atoms with Gasteiger partial charge in [0.15, 0.2) is 0 Å². The number of hydrogen-bond donors (Lipinski definition) is 0. The first kappa shape index (κ1) is 25.8. The summed E-state index contributed by atoms with van der Waals surface area (Å²) in [7, 11) is 0. The van der Waals surface area contributed by atoms with E-state index < -0.39 is 101 Å². The predicted octanol–water partition coefficient (Wildman–Crippen LogP) is 17.0. The maximum Gasteiger partial charge on any atom is 0.0645 e. The standard InChI is InChI=1S/C61H45N/c1-61(2)59-21-9-8-18-57(59)58-20-11-19-56(60(58)61)48-32-38-55(39-33-48)62(53-34-28-46(29-35-53)45-24-22-44(23-25-45)42-12-4-3-5-13-42)54-36-30-47(31-37-54)50-16-10-17-51(40-50)52-27-26-43-14-6-7-15-49(43)41-52/h3-41H,1-2H3/i3D,4D,5D,12D,13D,22D,23D,24D,25D,28D,29D,34D,35D. The van der Waals surface area contributed by atoms with Gasteiger partial charge in [-0.1, -0.05) is 202 Å². The summed E-state index contributed by atoms with van der Waals surface area (Å²) < 4.78 is 116. The van der Waals surface area contributed by atoms with Gasteiger partial charge in [0, 0.05) is 22.5 Å². The van der Waals surface area contributed by atoms with Gasteiger partial charge in [-0.25, -0.2) is 0 Å². The van der Waals surface area contributed by atoms with E-state index >= 15 is 0 Å². The van der Waals surface area contributed by atoms with Crippen LogP contribution in [0.2, 0.25) is 0 Å². The largest absolute Gasteiger partial charge is 0.311 e. The summed E-state index contributed by atoms with van der Waals surface area (Å²) in [4.78, 5) is 1.65. The highest BCUT2D eigenvalue weighted by molar-refractivity contribution is 5.90. The van der Waals surface area contributed by atoms with Crippen LogP contribution in [0.3, 0.4) is 0 Å². The van der Waals surface area contributed by atoms with Crippen LogP contribution in [-0.4, -0.2) is 0 Å². The zero-order valence-electron chi connectivity index (χ0n) is 47.0. The van der Waals surface area contributed by atoms with Crippen molar-refractivity contribution in [2.75, 3.05) is 4.90 Å². The van der Waals surface area contributed by atoms with Gasteiger partial charge in [0.2, 0.25) is 0 Å². The summed E-state index contributed by atoms with van der Waals surface area (Å²) >= 11 is 0. The minimum absolute atomic E-state index is 0.129. The smallest absolute Gasteiger partial charge is 0.0645 e. The minimum atomic E-state index is -0.772. The van der Waals surface area contributed by atoms with Crippen molar-refractivity contribution >= 4 is 27.8 Å². The molecule has 1 aliphatic rings. The van der Waals surface area contributed by atoms with E-state index in [1.54, 1.807) is 4.90 Å². The molecule has 62 heavy (non-hydrogen) atoms. The normalized spacial score (nSPS) is 15.4. The van der Waals surface area contributed by atoms with Crippen molar-refractivity contribution in [1.82, 2.24) is 0 Å². The first-order valence-electron chi connectivity index (χ1n) is 27.0. The molecular formula is C61H45N. The van der Waals surface area contributed by atoms with E-state index in [4.69, 9.17) is 12.3 Å². The molecule has 0 unspecified atom stereocenters. The second-order valence-corrected chi connectivity index (χ2v) is 15.9. The third-order valence-corrected chi connectivity index (χ3v) is 11.9. The minimum Gasteiger partial charge on any atom is -0.311 e. The molecule has 0 fully saturated rings. The van der Waals surface area contributed by atoms with E-state index in [9.17, 15) is 5.48 Å². The van der Waals surface area contributed by atoms with Crippen molar-refractivity contribution in [2.24, 2.45) is 0 Å². The molecule has 0 spiro atoms. The van der Waals surface area contributed by atoms with Crippen LogP contribution in [0.5, 0.6) is 0 Å². The van der Waals surface area contributed by atoms with Crippen molar-refractivity contribution in [2.45, 2.75) is 19.3 Å². The molecule has 0 amide bonds. The van der Waals surface area contributed by atoms with Crippen LogP contribution in [0.15, 0.2) is 236 Å². The van der Waals surface area contributed by atoms with Gasteiger partial charge < -0.3 is 4.90 Å². The lowest BCUT2D eigenvalue weighted by molar-refractivity contribution is 0.662. The van der Waals surface area contributed by atoms with Gasteiger partial charge in [-0.2, -0.15) is 0 Å². The van der Waals surface area contributed by atoms with Crippen molar-refractivity contribution in [1.29, 1.82) is 0 Å². The molecule has 1 aliphatic carbocycles. The Labute approximate surface area is 383 Å². The third kappa shape index (κ3) is 6.69.